The van der Waals surface area contributed by atoms with Gasteiger partial charge in [-0.3, -0.25) is 4.79 Å². The fraction of sp³-hybridized carbons (Fsp3) is 0.500. The van der Waals surface area contributed by atoms with E-state index in [2.05, 4.69) is 0 Å². The van der Waals surface area contributed by atoms with Gasteiger partial charge >= 0.3 is 11.9 Å². The number of carbonyl (C=O) groups excluding carboxylic acids is 3. The molecule has 0 aliphatic heterocycles. The summed E-state index contributed by atoms with van der Waals surface area (Å²) in [6.45, 7) is 4.19. The average Bonchev–Trinajstić information content (AvgIpc) is 2.58. The first kappa shape index (κ1) is 19.7. The van der Waals surface area contributed by atoms with E-state index in [1.807, 2.05) is 19.1 Å². The Morgan fingerprint density at radius 1 is 1.12 bits per heavy atom. The highest BCUT2D eigenvalue weighted by molar-refractivity contribution is 6.32. The lowest BCUT2D eigenvalue weighted by molar-refractivity contribution is -0.160. The fourth-order valence-corrected chi connectivity index (χ4v) is 2.11. The van der Waals surface area contributed by atoms with Gasteiger partial charge in [0.15, 0.2) is 0 Å². The molecule has 0 heterocycles. The third-order valence-electron chi connectivity index (χ3n) is 3.39. The maximum atomic E-state index is 12.3. The number of hydrogen-bond donors (Lipinski definition) is 0. The second-order valence-corrected chi connectivity index (χ2v) is 5.52. The lowest BCUT2D eigenvalue weighted by Gasteiger charge is -2.21. The van der Waals surface area contributed by atoms with Gasteiger partial charge < -0.3 is 19.2 Å². The molecule has 0 saturated carbocycles. The van der Waals surface area contributed by atoms with E-state index in [4.69, 9.17) is 9.47 Å². The third-order valence-corrected chi connectivity index (χ3v) is 3.39. The Morgan fingerprint density at radius 2 is 1.79 bits per heavy atom. The minimum absolute atomic E-state index is 0.0559. The van der Waals surface area contributed by atoms with Crippen LogP contribution in [0.15, 0.2) is 24.3 Å². The molecule has 0 radical (unpaired) electrons. The van der Waals surface area contributed by atoms with Crippen LogP contribution < -0.4 is 4.74 Å². The molecule has 0 spiro atoms. The first-order valence-corrected chi connectivity index (χ1v) is 8.06. The zero-order chi connectivity index (χ0) is 17.9. The van der Waals surface area contributed by atoms with E-state index < -0.39 is 11.9 Å². The van der Waals surface area contributed by atoms with Gasteiger partial charge in [-0.15, -0.1) is 0 Å². The summed E-state index contributed by atoms with van der Waals surface area (Å²) in [5.41, 5.74) is 0.871. The van der Waals surface area contributed by atoms with Crippen LogP contribution in [0.5, 0.6) is 5.75 Å². The van der Waals surface area contributed by atoms with Crippen molar-refractivity contribution in [1.82, 2.24) is 4.90 Å². The van der Waals surface area contributed by atoms with E-state index in [0.29, 0.717) is 25.8 Å². The molecule has 1 rings (SSSR count). The molecule has 6 nitrogen and oxygen atoms in total. The van der Waals surface area contributed by atoms with E-state index in [9.17, 15) is 14.4 Å². The molecule has 0 fully saturated rings. The van der Waals surface area contributed by atoms with E-state index >= 15 is 0 Å². The molecule has 6 heteroatoms. The first-order chi connectivity index (χ1) is 11.5. The highest BCUT2D eigenvalue weighted by atomic mass is 16.5. The Morgan fingerprint density at radius 3 is 2.33 bits per heavy atom. The van der Waals surface area contributed by atoms with E-state index in [1.54, 1.807) is 19.2 Å². The van der Waals surface area contributed by atoms with Crippen molar-refractivity contribution in [2.75, 3.05) is 20.3 Å². The molecule has 24 heavy (non-hydrogen) atoms. The number of methoxy groups -OCH3 is 1. The van der Waals surface area contributed by atoms with Crippen molar-refractivity contribution < 1.29 is 23.9 Å². The summed E-state index contributed by atoms with van der Waals surface area (Å²) in [6.07, 6.45) is 1.54. The van der Waals surface area contributed by atoms with Crippen LogP contribution in [-0.4, -0.2) is 42.8 Å². The molecule has 0 N–H and O–H groups in total. The second-order valence-electron chi connectivity index (χ2n) is 5.52. The number of benzene rings is 1. The van der Waals surface area contributed by atoms with E-state index in [1.165, 1.54) is 11.8 Å². The quantitative estimate of drug-likeness (QED) is 0.511. The lowest BCUT2D eigenvalue weighted by Crippen LogP contribution is -2.38. The zero-order valence-corrected chi connectivity index (χ0v) is 14.5. The van der Waals surface area contributed by atoms with Crippen LogP contribution in [0.3, 0.4) is 0 Å². The molecule has 0 aliphatic rings. The van der Waals surface area contributed by atoms with E-state index in [-0.39, 0.29) is 18.9 Å². The summed E-state index contributed by atoms with van der Waals surface area (Å²) in [5.74, 6) is -0.757. The molecule has 0 atom stereocenters. The average molecular weight is 335 g/mol. The number of Topliss-reactive ketones (excluding diaryl/α,β-unsaturated/α-hetero) is 1. The van der Waals surface area contributed by atoms with Crippen molar-refractivity contribution in [3.63, 3.8) is 0 Å². The standard InChI is InChI=1S/C18H25NO5/c1-4-12-24-18(22)17(21)19(11-5-6-14(2)20)13-15-7-9-16(23-3)10-8-15/h7-10H,4-6,11-13H2,1-3H3. The van der Waals surface area contributed by atoms with Crippen LogP contribution in [0.25, 0.3) is 0 Å². The summed E-state index contributed by atoms with van der Waals surface area (Å²) in [5, 5.41) is 0. The summed E-state index contributed by atoms with van der Waals surface area (Å²) < 4.78 is 10.0. The molecular weight excluding hydrogens is 310 g/mol. The molecule has 1 aromatic carbocycles. The minimum atomic E-state index is -0.854. The van der Waals surface area contributed by atoms with Crippen molar-refractivity contribution in [1.29, 1.82) is 0 Å². The van der Waals surface area contributed by atoms with Crippen molar-refractivity contribution in [3.05, 3.63) is 29.8 Å². The molecule has 0 aliphatic carbocycles. The van der Waals surface area contributed by atoms with Crippen molar-refractivity contribution in [3.8, 4) is 5.75 Å². The number of ketones is 1. The number of esters is 1. The molecule has 0 saturated heterocycles. The molecule has 0 unspecified atom stereocenters. The van der Waals surface area contributed by atoms with Gasteiger partial charge in [0.2, 0.25) is 0 Å². The lowest BCUT2D eigenvalue weighted by atomic mass is 10.1. The van der Waals surface area contributed by atoms with Crippen LogP contribution in [0.4, 0.5) is 0 Å². The molecule has 132 valence electrons. The maximum Gasteiger partial charge on any atom is 0.397 e. The monoisotopic (exact) mass is 335 g/mol. The number of amides is 1. The molecule has 0 bridgehead atoms. The van der Waals surface area contributed by atoms with Gasteiger partial charge in [-0.1, -0.05) is 19.1 Å². The van der Waals surface area contributed by atoms with Crippen LogP contribution >= 0.6 is 0 Å². The molecule has 1 aromatic rings. The number of nitrogens with zero attached hydrogens (tertiary/aromatic N) is 1. The van der Waals surface area contributed by atoms with Gasteiger partial charge in [-0.05, 0) is 37.5 Å². The summed E-state index contributed by atoms with van der Waals surface area (Å²) in [7, 11) is 1.58. The maximum absolute atomic E-state index is 12.3. The molecule has 1 amide bonds. The minimum Gasteiger partial charge on any atom is -0.497 e. The topological polar surface area (TPSA) is 72.9 Å². The number of carbonyl (C=O) groups is 3. The van der Waals surface area contributed by atoms with Crippen LogP contribution in [0.1, 0.15) is 38.7 Å². The fourth-order valence-electron chi connectivity index (χ4n) is 2.11. The first-order valence-electron chi connectivity index (χ1n) is 8.06. The molecule has 0 aromatic heterocycles. The van der Waals surface area contributed by atoms with Gasteiger partial charge in [-0.25, -0.2) is 4.79 Å². The summed E-state index contributed by atoms with van der Waals surface area (Å²) in [4.78, 5) is 36.6. The smallest absolute Gasteiger partial charge is 0.397 e. The van der Waals surface area contributed by atoms with Gasteiger partial charge in [0.25, 0.3) is 0 Å². The van der Waals surface area contributed by atoms with Crippen LogP contribution in [0.2, 0.25) is 0 Å². The predicted molar refractivity (Wildman–Crippen MR) is 89.6 cm³/mol. The SMILES string of the molecule is CCCOC(=O)C(=O)N(CCCC(C)=O)Cc1ccc(OC)cc1. The Hall–Kier alpha value is -2.37. The van der Waals surface area contributed by atoms with Crippen molar-refractivity contribution in [2.45, 2.75) is 39.7 Å². The zero-order valence-electron chi connectivity index (χ0n) is 14.5. The van der Waals surface area contributed by atoms with Gasteiger partial charge in [0, 0.05) is 19.5 Å². The highest BCUT2D eigenvalue weighted by Gasteiger charge is 2.23. The number of hydrogen-bond acceptors (Lipinski definition) is 5. The molecular formula is C18H25NO5. The predicted octanol–water partition coefficient (Wildman–Crippen LogP) is 2.35. The largest absolute Gasteiger partial charge is 0.497 e. The second kappa shape index (κ2) is 10.4. The van der Waals surface area contributed by atoms with Gasteiger partial charge in [-0.2, -0.15) is 0 Å². The Labute approximate surface area is 142 Å². The Kier molecular flexibility index (Phi) is 8.54. The van der Waals surface area contributed by atoms with E-state index in [0.717, 1.165) is 11.3 Å². The Bertz CT molecular complexity index is 553. The van der Waals surface area contributed by atoms with Crippen molar-refractivity contribution in [2.24, 2.45) is 0 Å². The van der Waals surface area contributed by atoms with Gasteiger partial charge in [0.1, 0.15) is 11.5 Å². The summed E-state index contributed by atoms with van der Waals surface area (Å²) in [6, 6.07) is 7.26. The third kappa shape index (κ3) is 6.81. The number of ether oxygens (including phenoxy) is 2. The number of rotatable bonds is 9. The van der Waals surface area contributed by atoms with Crippen LogP contribution in [-0.2, 0) is 25.7 Å². The van der Waals surface area contributed by atoms with Gasteiger partial charge in [0.05, 0.1) is 13.7 Å². The van der Waals surface area contributed by atoms with Crippen molar-refractivity contribution >= 4 is 17.7 Å². The normalized spacial score (nSPS) is 10.1. The summed E-state index contributed by atoms with van der Waals surface area (Å²) >= 11 is 0. The highest BCUT2D eigenvalue weighted by Crippen LogP contribution is 2.14. The Balaban J connectivity index is 2.76. The van der Waals surface area contributed by atoms with Crippen LogP contribution in [0, 0.1) is 0 Å².